The molecule has 152 valence electrons. The maximum Gasteiger partial charge on any atom is 0.325 e. The molecule has 8 heteroatoms. The van der Waals surface area contributed by atoms with Gasteiger partial charge in [-0.2, -0.15) is 0 Å². The summed E-state index contributed by atoms with van der Waals surface area (Å²) in [6, 6.07) is 5.19. The number of amides is 4. The van der Waals surface area contributed by atoms with E-state index >= 15 is 0 Å². The first-order chi connectivity index (χ1) is 14.0. The fraction of sp³-hybridized carbons (Fsp3) is 0.524. The molecule has 29 heavy (non-hydrogen) atoms. The lowest BCUT2D eigenvalue weighted by atomic mass is 9.96. The van der Waals surface area contributed by atoms with Gasteiger partial charge in [0.1, 0.15) is 17.9 Å². The van der Waals surface area contributed by atoms with Crippen LogP contribution < -0.4 is 10.6 Å². The summed E-state index contributed by atoms with van der Waals surface area (Å²) in [5, 5.41) is 5.57. The minimum atomic E-state index is -0.871. The van der Waals surface area contributed by atoms with Crippen LogP contribution in [0.15, 0.2) is 18.2 Å². The minimum Gasteiger partial charge on any atom is -0.328 e. The van der Waals surface area contributed by atoms with Gasteiger partial charge in [0.15, 0.2) is 0 Å². The molecule has 4 amide bonds. The molecule has 3 heterocycles. The zero-order chi connectivity index (χ0) is 20.2. The molecule has 1 saturated carbocycles. The number of urea groups is 1. The van der Waals surface area contributed by atoms with E-state index in [0.29, 0.717) is 5.69 Å². The molecular weight excluding hydrogens is 370 g/mol. The smallest absolute Gasteiger partial charge is 0.325 e. The largest absolute Gasteiger partial charge is 0.328 e. The first-order valence-electron chi connectivity index (χ1n) is 10.4. The molecule has 1 saturated heterocycles. The van der Waals surface area contributed by atoms with Gasteiger partial charge in [0.05, 0.1) is 11.0 Å². The number of hydrogen-bond donors (Lipinski definition) is 2. The molecule has 0 bridgehead atoms. The Morgan fingerprint density at radius 2 is 2.10 bits per heavy atom. The lowest BCUT2D eigenvalue weighted by molar-refractivity contribution is -0.134. The number of aromatic nitrogens is 2. The van der Waals surface area contributed by atoms with Gasteiger partial charge in [0, 0.05) is 18.7 Å². The van der Waals surface area contributed by atoms with E-state index in [1.54, 1.807) is 6.92 Å². The van der Waals surface area contributed by atoms with Gasteiger partial charge in [-0.3, -0.25) is 14.5 Å². The molecule has 1 aromatic carbocycles. The summed E-state index contributed by atoms with van der Waals surface area (Å²) in [5.74, 6) is 0.562. The van der Waals surface area contributed by atoms with Crippen LogP contribution in [0.1, 0.15) is 44.9 Å². The van der Waals surface area contributed by atoms with Gasteiger partial charge in [0.2, 0.25) is 5.91 Å². The fourth-order valence-electron chi connectivity index (χ4n) is 4.57. The highest BCUT2D eigenvalue weighted by Crippen LogP contribution is 2.42. The van der Waals surface area contributed by atoms with Gasteiger partial charge < -0.3 is 15.2 Å². The van der Waals surface area contributed by atoms with E-state index in [0.717, 1.165) is 60.4 Å². The van der Waals surface area contributed by atoms with Gasteiger partial charge in [-0.1, -0.05) is 6.42 Å². The number of carbonyl (C=O) groups is 3. The second kappa shape index (κ2) is 6.57. The molecule has 2 fully saturated rings. The zero-order valence-electron chi connectivity index (χ0n) is 16.5. The number of imide groups is 1. The maximum absolute atomic E-state index is 12.7. The Morgan fingerprint density at radius 3 is 2.90 bits per heavy atom. The van der Waals surface area contributed by atoms with Crippen molar-refractivity contribution in [3.63, 3.8) is 0 Å². The highest BCUT2D eigenvalue weighted by molar-refractivity contribution is 6.10. The summed E-state index contributed by atoms with van der Waals surface area (Å²) in [6.07, 6.45) is 6.36. The first-order valence-corrected chi connectivity index (χ1v) is 10.4. The van der Waals surface area contributed by atoms with E-state index in [4.69, 9.17) is 4.98 Å². The highest BCUT2D eigenvalue weighted by atomic mass is 16.2. The third-order valence-electron chi connectivity index (χ3n) is 6.39. The minimum absolute atomic E-state index is 0.172. The van der Waals surface area contributed by atoms with Crippen molar-refractivity contribution in [1.29, 1.82) is 0 Å². The van der Waals surface area contributed by atoms with E-state index in [1.807, 2.05) is 18.2 Å². The predicted octanol–water partition coefficient (Wildman–Crippen LogP) is 2.42. The van der Waals surface area contributed by atoms with Crippen LogP contribution in [0.4, 0.5) is 10.5 Å². The normalized spacial score (nSPS) is 24.4. The standard InChI is InChI=1S/C21H25N5O3/c1-21(13-6-7-13)19(28)26(20(29)24-21)12-18(27)22-14-8-9-16-15(11-14)23-17-5-3-2-4-10-25(16)17/h8-9,11,13H,2-7,10,12H2,1H3,(H,22,27)(H,24,29)/t21-/m0/s1. The summed E-state index contributed by atoms with van der Waals surface area (Å²) in [6.45, 7) is 2.44. The highest BCUT2D eigenvalue weighted by Gasteiger charge is 2.56. The van der Waals surface area contributed by atoms with Crippen molar-refractivity contribution in [2.45, 2.75) is 57.5 Å². The molecular formula is C21H25N5O3. The lowest BCUT2D eigenvalue weighted by Gasteiger charge is -2.20. The molecule has 8 nitrogen and oxygen atoms in total. The third kappa shape index (κ3) is 3.07. The van der Waals surface area contributed by atoms with Crippen LogP contribution in [-0.4, -0.2) is 44.4 Å². The second-order valence-corrected chi connectivity index (χ2v) is 8.54. The molecule has 2 aromatic rings. The summed E-state index contributed by atoms with van der Waals surface area (Å²) in [5.41, 5.74) is 1.68. The Morgan fingerprint density at radius 1 is 1.28 bits per heavy atom. The van der Waals surface area contributed by atoms with Crippen LogP contribution in [0.3, 0.4) is 0 Å². The van der Waals surface area contributed by atoms with Crippen LogP contribution in [-0.2, 0) is 22.6 Å². The number of hydrogen-bond acceptors (Lipinski definition) is 4. The summed E-state index contributed by atoms with van der Waals surface area (Å²) >= 11 is 0. The number of anilines is 1. The van der Waals surface area contributed by atoms with Crippen LogP contribution in [0.25, 0.3) is 11.0 Å². The molecule has 5 rings (SSSR count). The van der Waals surface area contributed by atoms with Gasteiger partial charge in [-0.15, -0.1) is 0 Å². The molecule has 2 N–H and O–H groups in total. The van der Waals surface area contributed by atoms with Crippen LogP contribution >= 0.6 is 0 Å². The van der Waals surface area contributed by atoms with E-state index < -0.39 is 17.5 Å². The Hall–Kier alpha value is -2.90. The fourth-order valence-corrected chi connectivity index (χ4v) is 4.57. The van der Waals surface area contributed by atoms with Crippen molar-refractivity contribution >= 4 is 34.6 Å². The predicted molar refractivity (Wildman–Crippen MR) is 107 cm³/mol. The number of fused-ring (bicyclic) bond motifs is 3. The Labute approximate surface area is 168 Å². The second-order valence-electron chi connectivity index (χ2n) is 8.54. The molecule has 3 aliphatic rings. The summed E-state index contributed by atoms with van der Waals surface area (Å²) < 4.78 is 2.26. The van der Waals surface area contributed by atoms with Crippen molar-refractivity contribution in [2.24, 2.45) is 5.92 Å². The molecule has 1 aliphatic carbocycles. The first kappa shape index (κ1) is 18.1. The van der Waals surface area contributed by atoms with Crippen LogP contribution in [0.5, 0.6) is 0 Å². The number of imidazole rings is 1. The molecule has 1 aromatic heterocycles. The van der Waals surface area contributed by atoms with E-state index in [9.17, 15) is 14.4 Å². The van der Waals surface area contributed by atoms with Crippen molar-refractivity contribution in [2.75, 3.05) is 11.9 Å². The topological polar surface area (TPSA) is 96.3 Å². The lowest BCUT2D eigenvalue weighted by Crippen LogP contribution is -2.46. The molecule has 0 spiro atoms. The van der Waals surface area contributed by atoms with Crippen LogP contribution in [0.2, 0.25) is 0 Å². The summed E-state index contributed by atoms with van der Waals surface area (Å²) in [7, 11) is 0. The van der Waals surface area contributed by atoms with E-state index in [-0.39, 0.29) is 18.4 Å². The molecule has 2 aliphatic heterocycles. The van der Waals surface area contributed by atoms with E-state index in [1.165, 1.54) is 6.42 Å². The third-order valence-corrected chi connectivity index (χ3v) is 6.39. The van der Waals surface area contributed by atoms with Gasteiger partial charge in [-0.25, -0.2) is 9.78 Å². The molecule has 0 unspecified atom stereocenters. The average Bonchev–Trinajstić information content (AvgIpc) is 3.48. The average molecular weight is 395 g/mol. The number of carbonyl (C=O) groups excluding carboxylic acids is 3. The molecule has 1 atom stereocenters. The van der Waals surface area contributed by atoms with Crippen LogP contribution in [0, 0.1) is 5.92 Å². The Kier molecular flexibility index (Phi) is 4.11. The van der Waals surface area contributed by atoms with E-state index in [2.05, 4.69) is 15.2 Å². The molecule has 0 radical (unpaired) electrons. The van der Waals surface area contributed by atoms with Crippen molar-refractivity contribution in [1.82, 2.24) is 19.8 Å². The maximum atomic E-state index is 12.7. The summed E-state index contributed by atoms with van der Waals surface area (Å²) in [4.78, 5) is 43.2. The Bertz CT molecular complexity index is 1020. The number of nitrogens with one attached hydrogen (secondary N) is 2. The number of nitrogens with zero attached hydrogens (tertiary/aromatic N) is 3. The van der Waals surface area contributed by atoms with Crippen molar-refractivity contribution in [3.05, 3.63) is 24.0 Å². The van der Waals surface area contributed by atoms with Gasteiger partial charge in [-0.05, 0) is 56.7 Å². The number of aryl methyl sites for hydroxylation is 2. The number of rotatable bonds is 4. The monoisotopic (exact) mass is 395 g/mol. The van der Waals surface area contributed by atoms with Gasteiger partial charge in [0.25, 0.3) is 5.91 Å². The zero-order valence-corrected chi connectivity index (χ0v) is 16.5. The Balaban J connectivity index is 1.30. The quantitative estimate of drug-likeness (QED) is 0.777. The van der Waals surface area contributed by atoms with Crippen molar-refractivity contribution < 1.29 is 14.4 Å². The number of benzene rings is 1. The van der Waals surface area contributed by atoms with Crippen molar-refractivity contribution in [3.8, 4) is 0 Å². The van der Waals surface area contributed by atoms with Gasteiger partial charge >= 0.3 is 6.03 Å². The SMILES string of the molecule is C[C@@]1(C2CC2)NC(=O)N(CC(=O)Nc2ccc3c(c2)nc2n3CCCCC2)C1=O.